The van der Waals surface area contributed by atoms with E-state index < -0.39 is 5.54 Å². The van der Waals surface area contributed by atoms with E-state index in [0.29, 0.717) is 5.69 Å². The smallest absolute Gasteiger partial charge is 0.313 e. The summed E-state index contributed by atoms with van der Waals surface area (Å²) in [4.78, 5) is 28.7. The number of carbonyl (C=O) groups is 2. The van der Waals surface area contributed by atoms with Crippen molar-refractivity contribution in [1.29, 1.82) is 0 Å². The first-order valence-corrected chi connectivity index (χ1v) is 8.81. The lowest BCUT2D eigenvalue weighted by Crippen LogP contribution is -2.49. The van der Waals surface area contributed by atoms with Crippen LogP contribution >= 0.6 is 0 Å². The predicted molar refractivity (Wildman–Crippen MR) is 93.1 cm³/mol. The van der Waals surface area contributed by atoms with Crippen molar-refractivity contribution in [3.63, 3.8) is 0 Å². The molecular weight excluding hydrogens is 316 g/mol. The molecule has 1 spiro atoms. The van der Waals surface area contributed by atoms with Crippen molar-refractivity contribution >= 4 is 11.9 Å². The molecule has 0 radical (unpaired) electrons. The lowest BCUT2D eigenvalue weighted by atomic mass is 9.81. The van der Waals surface area contributed by atoms with Gasteiger partial charge in [-0.3, -0.25) is 9.69 Å². The van der Waals surface area contributed by atoms with Crippen molar-refractivity contribution in [2.75, 3.05) is 7.05 Å². The van der Waals surface area contributed by atoms with Crippen LogP contribution in [0.15, 0.2) is 42.6 Å². The zero-order valence-corrected chi connectivity index (χ0v) is 14.4. The molecule has 4 rings (SSSR count). The lowest BCUT2D eigenvalue weighted by Gasteiger charge is -2.35. The van der Waals surface area contributed by atoms with Crippen molar-refractivity contribution in [2.45, 2.75) is 44.2 Å². The molecule has 1 aromatic heterocycles. The summed E-state index contributed by atoms with van der Waals surface area (Å²) < 4.78 is 1.76. The first-order valence-electron chi connectivity index (χ1n) is 8.81. The number of rotatable bonds is 3. The summed E-state index contributed by atoms with van der Waals surface area (Å²) >= 11 is 0. The molecule has 130 valence electrons. The highest BCUT2D eigenvalue weighted by Crippen LogP contribution is 2.39. The maximum absolute atomic E-state index is 13.0. The third-order valence-electron chi connectivity index (χ3n) is 5.47. The monoisotopic (exact) mass is 338 g/mol. The molecule has 3 amide bonds. The molecule has 1 aliphatic heterocycles. The molecule has 1 saturated carbocycles. The fraction of sp³-hybridized carbons (Fsp3) is 0.421. The van der Waals surface area contributed by atoms with Crippen LogP contribution in [0.3, 0.4) is 0 Å². The maximum Gasteiger partial charge on any atom is 0.327 e. The van der Waals surface area contributed by atoms with Gasteiger partial charge in [0.15, 0.2) is 0 Å². The summed E-state index contributed by atoms with van der Waals surface area (Å²) in [6.45, 7) is 0.226. The van der Waals surface area contributed by atoms with Gasteiger partial charge in [-0.1, -0.05) is 37.5 Å². The van der Waals surface area contributed by atoms with Crippen molar-refractivity contribution in [2.24, 2.45) is 0 Å². The van der Waals surface area contributed by atoms with Crippen LogP contribution in [0, 0.1) is 0 Å². The molecule has 1 aliphatic carbocycles. The fourth-order valence-electron chi connectivity index (χ4n) is 4.00. The summed E-state index contributed by atoms with van der Waals surface area (Å²) in [6.07, 6.45) is 6.53. The van der Waals surface area contributed by atoms with E-state index in [9.17, 15) is 9.59 Å². The Labute approximate surface area is 147 Å². The first kappa shape index (κ1) is 15.9. The van der Waals surface area contributed by atoms with Crippen LogP contribution < -0.4 is 0 Å². The van der Waals surface area contributed by atoms with Gasteiger partial charge in [-0.15, -0.1) is 0 Å². The Morgan fingerprint density at radius 1 is 1.04 bits per heavy atom. The summed E-state index contributed by atoms with van der Waals surface area (Å²) in [5, 5.41) is 4.52. The minimum absolute atomic E-state index is 0.0611. The van der Waals surface area contributed by atoms with Gasteiger partial charge < -0.3 is 4.90 Å². The molecule has 6 nitrogen and oxygen atoms in total. The molecule has 2 fully saturated rings. The van der Waals surface area contributed by atoms with Gasteiger partial charge in [0.1, 0.15) is 5.54 Å². The number of carbonyl (C=O) groups excluding carboxylic acids is 2. The van der Waals surface area contributed by atoms with Crippen molar-refractivity contribution in [3.8, 4) is 5.69 Å². The van der Waals surface area contributed by atoms with E-state index in [0.717, 1.165) is 37.8 Å². The number of benzene rings is 1. The number of likely N-dealkylation sites (N-methyl/N-ethyl adjacent to an activating group) is 1. The van der Waals surface area contributed by atoms with Crippen LogP contribution in [-0.4, -0.2) is 44.1 Å². The second-order valence-corrected chi connectivity index (χ2v) is 6.91. The summed E-state index contributed by atoms with van der Waals surface area (Å²) in [5.74, 6) is -0.0611. The van der Waals surface area contributed by atoms with Gasteiger partial charge in [0.2, 0.25) is 0 Å². The van der Waals surface area contributed by atoms with Crippen LogP contribution in [0.4, 0.5) is 4.79 Å². The highest BCUT2D eigenvalue weighted by atomic mass is 16.2. The van der Waals surface area contributed by atoms with E-state index in [2.05, 4.69) is 5.10 Å². The number of imide groups is 1. The van der Waals surface area contributed by atoms with Crippen molar-refractivity contribution < 1.29 is 9.59 Å². The Morgan fingerprint density at radius 2 is 1.76 bits per heavy atom. The number of nitrogens with zero attached hydrogens (tertiary/aromatic N) is 4. The van der Waals surface area contributed by atoms with Gasteiger partial charge >= 0.3 is 6.03 Å². The molecule has 0 N–H and O–H groups in total. The fourth-order valence-corrected chi connectivity index (χ4v) is 4.00. The van der Waals surface area contributed by atoms with Crippen molar-refractivity contribution in [1.82, 2.24) is 19.6 Å². The minimum Gasteiger partial charge on any atom is -0.313 e. The van der Waals surface area contributed by atoms with Crippen LogP contribution in [0.1, 0.15) is 37.8 Å². The summed E-state index contributed by atoms with van der Waals surface area (Å²) in [6, 6.07) is 11.4. The quantitative estimate of drug-likeness (QED) is 0.809. The predicted octanol–water partition coefficient (Wildman–Crippen LogP) is 2.97. The molecule has 0 unspecified atom stereocenters. The zero-order valence-electron chi connectivity index (χ0n) is 14.4. The first-order chi connectivity index (χ1) is 12.1. The highest BCUT2D eigenvalue weighted by Gasteiger charge is 2.55. The normalized spacial score (nSPS) is 19.9. The summed E-state index contributed by atoms with van der Waals surface area (Å²) in [7, 11) is 1.76. The second kappa shape index (κ2) is 6.02. The van der Waals surface area contributed by atoms with E-state index in [1.807, 2.05) is 42.6 Å². The van der Waals surface area contributed by atoms with Gasteiger partial charge in [0, 0.05) is 13.2 Å². The molecule has 6 heteroatoms. The number of hydrogen-bond acceptors (Lipinski definition) is 3. The lowest BCUT2D eigenvalue weighted by molar-refractivity contribution is -0.134. The Morgan fingerprint density at radius 3 is 2.48 bits per heavy atom. The molecule has 1 saturated heterocycles. The Kier molecular flexibility index (Phi) is 3.82. The van der Waals surface area contributed by atoms with E-state index in [1.54, 1.807) is 16.6 Å². The van der Waals surface area contributed by atoms with E-state index >= 15 is 0 Å². The molecule has 0 atom stereocenters. The standard InChI is InChI=1S/C19H22N4O2/c1-21-18(25)22(17(24)19(21)11-6-3-7-12-19)14-15-10-13-23(20-15)16-8-4-2-5-9-16/h2,4-5,8-10,13H,3,6-7,11-12,14H2,1H3. The molecule has 25 heavy (non-hydrogen) atoms. The maximum atomic E-state index is 13.0. The SMILES string of the molecule is CN1C(=O)N(Cc2ccn(-c3ccccc3)n2)C(=O)C12CCCCC2. The summed E-state index contributed by atoms with van der Waals surface area (Å²) in [5.41, 5.74) is 1.04. The van der Waals surface area contributed by atoms with Gasteiger partial charge in [0.25, 0.3) is 5.91 Å². The number of para-hydroxylation sites is 1. The van der Waals surface area contributed by atoms with Crippen LogP contribution in [0.5, 0.6) is 0 Å². The Bertz CT molecular complexity index is 793. The van der Waals surface area contributed by atoms with E-state index in [-0.39, 0.29) is 18.5 Å². The molecule has 2 heterocycles. The molecule has 2 aromatic rings. The van der Waals surface area contributed by atoms with Crippen molar-refractivity contribution in [3.05, 3.63) is 48.3 Å². The van der Waals surface area contributed by atoms with Crippen LogP contribution in [0.25, 0.3) is 5.69 Å². The number of aromatic nitrogens is 2. The van der Waals surface area contributed by atoms with Gasteiger partial charge in [0.05, 0.1) is 17.9 Å². The number of urea groups is 1. The minimum atomic E-state index is -0.628. The third-order valence-corrected chi connectivity index (χ3v) is 5.47. The van der Waals surface area contributed by atoms with Gasteiger partial charge in [-0.05, 0) is 31.0 Å². The van der Waals surface area contributed by atoms with Gasteiger partial charge in [-0.2, -0.15) is 5.10 Å². The Balaban J connectivity index is 1.56. The molecular formula is C19H22N4O2. The van der Waals surface area contributed by atoms with E-state index in [4.69, 9.17) is 0 Å². The molecule has 0 bridgehead atoms. The number of hydrogen-bond donors (Lipinski definition) is 0. The van der Waals surface area contributed by atoms with Crippen LogP contribution in [0.2, 0.25) is 0 Å². The Hall–Kier alpha value is -2.63. The third kappa shape index (κ3) is 2.52. The molecule has 1 aromatic carbocycles. The average Bonchev–Trinajstić information content (AvgIpc) is 3.19. The number of amides is 3. The zero-order chi connectivity index (χ0) is 17.4. The van der Waals surface area contributed by atoms with Gasteiger partial charge in [-0.25, -0.2) is 9.48 Å². The second-order valence-electron chi connectivity index (χ2n) is 6.91. The highest BCUT2D eigenvalue weighted by molar-refractivity contribution is 6.06. The molecule has 2 aliphatic rings. The van der Waals surface area contributed by atoms with E-state index in [1.165, 1.54) is 4.90 Å². The topological polar surface area (TPSA) is 58.4 Å². The largest absolute Gasteiger partial charge is 0.327 e. The van der Waals surface area contributed by atoms with Crippen LogP contribution in [-0.2, 0) is 11.3 Å². The average molecular weight is 338 g/mol.